The number of amides is 1. The summed E-state index contributed by atoms with van der Waals surface area (Å²) in [6.45, 7) is 0. The number of nitrogens with zero attached hydrogens (tertiary/aromatic N) is 2. The summed E-state index contributed by atoms with van der Waals surface area (Å²) in [5.41, 5.74) is 0.389. The summed E-state index contributed by atoms with van der Waals surface area (Å²) in [7, 11) is 0. The molecule has 0 aliphatic heterocycles. The highest BCUT2D eigenvalue weighted by atomic mass is 19.1. The Bertz CT molecular complexity index is 790. The Hall–Kier alpha value is -2.70. The second kappa shape index (κ2) is 8.12. The summed E-state index contributed by atoms with van der Waals surface area (Å²) in [5, 5.41) is 16.4. The minimum atomic E-state index is -0.880. The van der Waals surface area contributed by atoms with Gasteiger partial charge in [0.25, 0.3) is 5.91 Å². The highest BCUT2D eigenvalue weighted by molar-refractivity contribution is 5.92. The molecule has 3 rings (SSSR count). The molecular formula is C19H22FN3O3. The molecule has 1 aromatic carbocycles. The predicted molar refractivity (Wildman–Crippen MR) is 93.6 cm³/mol. The molecule has 138 valence electrons. The van der Waals surface area contributed by atoms with E-state index >= 15 is 0 Å². The molecule has 1 aromatic heterocycles. The Kier molecular flexibility index (Phi) is 5.65. The largest absolute Gasteiger partial charge is 0.481 e. The molecule has 1 amide bonds. The number of aliphatic carboxylic acids is 1. The molecule has 0 spiro atoms. The molecule has 1 aliphatic rings. The van der Waals surface area contributed by atoms with Crippen LogP contribution in [0.1, 0.15) is 49.0 Å². The van der Waals surface area contributed by atoms with E-state index in [1.54, 1.807) is 18.2 Å². The van der Waals surface area contributed by atoms with Crippen LogP contribution < -0.4 is 5.32 Å². The van der Waals surface area contributed by atoms with Gasteiger partial charge >= 0.3 is 5.97 Å². The van der Waals surface area contributed by atoms with Crippen molar-refractivity contribution in [3.63, 3.8) is 0 Å². The van der Waals surface area contributed by atoms with Crippen molar-refractivity contribution >= 4 is 11.9 Å². The first-order valence-electron chi connectivity index (χ1n) is 8.90. The van der Waals surface area contributed by atoms with Crippen LogP contribution in [0.4, 0.5) is 4.39 Å². The molecule has 2 atom stereocenters. The molecule has 0 bridgehead atoms. The fourth-order valence-electron chi connectivity index (χ4n) is 3.41. The lowest BCUT2D eigenvalue weighted by Crippen LogP contribution is -2.44. The number of carboxylic acids is 1. The first kappa shape index (κ1) is 18.1. The molecule has 6 nitrogen and oxygen atoms in total. The third-order valence-corrected chi connectivity index (χ3v) is 4.82. The van der Waals surface area contributed by atoms with Gasteiger partial charge in [0.1, 0.15) is 11.5 Å². The van der Waals surface area contributed by atoms with Gasteiger partial charge in [-0.25, -0.2) is 9.07 Å². The van der Waals surface area contributed by atoms with Crippen LogP contribution in [-0.4, -0.2) is 32.8 Å². The number of aromatic nitrogens is 2. The molecule has 2 N–H and O–H groups in total. The van der Waals surface area contributed by atoms with Crippen molar-refractivity contribution in [2.24, 2.45) is 5.92 Å². The standard InChI is InChI=1S/C19H22FN3O3/c20-14-8-5-6-10-17(14)23-12-11-16(22-23)18(24)21-15-9-4-2-1-3-7-13(15)19(25)26/h5-6,8,10-13,15H,1-4,7,9H2,(H,21,24)(H,25,26). The lowest BCUT2D eigenvalue weighted by Gasteiger charge is -2.26. The van der Waals surface area contributed by atoms with E-state index in [1.165, 1.54) is 23.0 Å². The normalized spacial score (nSPS) is 20.8. The van der Waals surface area contributed by atoms with Gasteiger partial charge < -0.3 is 10.4 Å². The lowest BCUT2D eigenvalue weighted by molar-refractivity contribution is -0.143. The second-order valence-corrected chi connectivity index (χ2v) is 6.61. The summed E-state index contributed by atoms with van der Waals surface area (Å²) in [6.07, 6.45) is 6.52. The molecule has 1 heterocycles. The Labute approximate surface area is 151 Å². The number of halogens is 1. The Morgan fingerprint density at radius 1 is 1.12 bits per heavy atom. The van der Waals surface area contributed by atoms with Crippen LogP contribution in [0.3, 0.4) is 0 Å². The molecule has 0 radical (unpaired) electrons. The van der Waals surface area contributed by atoms with E-state index in [-0.39, 0.29) is 11.4 Å². The van der Waals surface area contributed by atoms with Crippen LogP contribution in [-0.2, 0) is 4.79 Å². The maximum Gasteiger partial charge on any atom is 0.308 e. The van der Waals surface area contributed by atoms with Crippen LogP contribution in [0, 0.1) is 11.7 Å². The average Bonchev–Trinajstić information content (AvgIpc) is 3.07. The smallest absolute Gasteiger partial charge is 0.308 e. The molecule has 2 unspecified atom stereocenters. The van der Waals surface area contributed by atoms with Gasteiger partial charge in [-0.1, -0.05) is 37.8 Å². The zero-order valence-corrected chi connectivity index (χ0v) is 14.4. The maximum absolute atomic E-state index is 13.9. The second-order valence-electron chi connectivity index (χ2n) is 6.61. The molecule has 7 heteroatoms. The third-order valence-electron chi connectivity index (χ3n) is 4.82. The number of carbonyl (C=O) groups excluding carboxylic acids is 1. The molecule has 1 aliphatic carbocycles. The molecule has 1 saturated carbocycles. The van der Waals surface area contributed by atoms with Gasteiger partial charge in [-0.2, -0.15) is 5.10 Å². The molecule has 26 heavy (non-hydrogen) atoms. The first-order chi connectivity index (χ1) is 12.6. The highest BCUT2D eigenvalue weighted by Crippen LogP contribution is 2.23. The van der Waals surface area contributed by atoms with E-state index in [0.717, 1.165) is 25.7 Å². The van der Waals surface area contributed by atoms with E-state index in [4.69, 9.17) is 0 Å². The summed E-state index contributed by atoms with van der Waals surface area (Å²) in [5.74, 6) is -2.34. The lowest BCUT2D eigenvalue weighted by atomic mass is 9.86. The highest BCUT2D eigenvalue weighted by Gasteiger charge is 2.30. The Balaban J connectivity index is 1.74. The zero-order valence-electron chi connectivity index (χ0n) is 14.4. The van der Waals surface area contributed by atoms with Crippen molar-refractivity contribution in [2.45, 2.75) is 44.6 Å². The van der Waals surface area contributed by atoms with E-state index in [0.29, 0.717) is 12.8 Å². The number of hydrogen-bond acceptors (Lipinski definition) is 3. The monoisotopic (exact) mass is 359 g/mol. The molecule has 0 saturated heterocycles. The summed E-state index contributed by atoms with van der Waals surface area (Å²) >= 11 is 0. The first-order valence-corrected chi connectivity index (χ1v) is 8.90. The maximum atomic E-state index is 13.9. The fourth-order valence-corrected chi connectivity index (χ4v) is 3.41. The minimum Gasteiger partial charge on any atom is -0.481 e. The topological polar surface area (TPSA) is 84.2 Å². The number of para-hydroxylation sites is 1. The average molecular weight is 359 g/mol. The van der Waals surface area contributed by atoms with E-state index < -0.39 is 29.7 Å². The van der Waals surface area contributed by atoms with Crippen LogP contribution in [0.5, 0.6) is 0 Å². The SMILES string of the molecule is O=C(NC1CCCCCCC1C(=O)O)c1ccn(-c2ccccc2F)n1. The van der Waals surface area contributed by atoms with Gasteiger partial charge in [-0.05, 0) is 31.0 Å². The predicted octanol–water partition coefficient (Wildman–Crippen LogP) is 3.16. The van der Waals surface area contributed by atoms with Crippen molar-refractivity contribution in [1.82, 2.24) is 15.1 Å². The number of carbonyl (C=O) groups is 2. The van der Waals surface area contributed by atoms with Crippen LogP contribution in [0.15, 0.2) is 36.5 Å². The summed E-state index contributed by atoms with van der Waals surface area (Å²) in [6, 6.07) is 7.24. The van der Waals surface area contributed by atoms with Gasteiger partial charge in [0.15, 0.2) is 5.69 Å². The van der Waals surface area contributed by atoms with Crippen LogP contribution in [0.25, 0.3) is 5.69 Å². The van der Waals surface area contributed by atoms with Gasteiger partial charge in [0, 0.05) is 12.2 Å². The van der Waals surface area contributed by atoms with Gasteiger partial charge in [0.05, 0.1) is 5.92 Å². The third kappa shape index (κ3) is 4.09. The van der Waals surface area contributed by atoms with Crippen molar-refractivity contribution in [3.05, 3.63) is 48.0 Å². The van der Waals surface area contributed by atoms with Crippen LogP contribution >= 0.6 is 0 Å². The number of rotatable bonds is 4. The number of nitrogens with one attached hydrogen (secondary N) is 1. The molecule has 2 aromatic rings. The van der Waals surface area contributed by atoms with Gasteiger partial charge in [-0.3, -0.25) is 9.59 Å². The number of carboxylic acid groups (broad SMARTS) is 1. The number of benzene rings is 1. The van der Waals surface area contributed by atoms with Crippen molar-refractivity contribution in [1.29, 1.82) is 0 Å². The number of hydrogen-bond donors (Lipinski definition) is 2. The minimum absolute atomic E-state index is 0.138. The van der Waals surface area contributed by atoms with E-state index in [1.807, 2.05) is 0 Å². The van der Waals surface area contributed by atoms with E-state index in [9.17, 15) is 19.1 Å². The van der Waals surface area contributed by atoms with Crippen LogP contribution in [0.2, 0.25) is 0 Å². The van der Waals surface area contributed by atoms with Gasteiger partial charge in [0.2, 0.25) is 0 Å². The quantitative estimate of drug-likeness (QED) is 0.878. The van der Waals surface area contributed by atoms with Crippen molar-refractivity contribution in [2.75, 3.05) is 0 Å². The Morgan fingerprint density at radius 2 is 1.85 bits per heavy atom. The molecular weight excluding hydrogens is 337 g/mol. The van der Waals surface area contributed by atoms with E-state index in [2.05, 4.69) is 10.4 Å². The van der Waals surface area contributed by atoms with Crippen molar-refractivity contribution < 1.29 is 19.1 Å². The van der Waals surface area contributed by atoms with Crippen molar-refractivity contribution in [3.8, 4) is 5.69 Å². The summed E-state index contributed by atoms with van der Waals surface area (Å²) < 4.78 is 15.2. The summed E-state index contributed by atoms with van der Waals surface area (Å²) in [4.78, 5) is 24.1. The van der Waals surface area contributed by atoms with Gasteiger partial charge in [-0.15, -0.1) is 0 Å². The Morgan fingerprint density at radius 3 is 2.58 bits per heavy atom. The fraction of sp³-hybridized carbons (Fsp3) is 0.421. The molecule has 1 fully saturated rings. The zero-order chi connectivity index (χ0) is 18.5.